The Morgan fingerprint density at radius 1 is 1.07 bits per heavy atom. The first-order chi connectivity index (χ1) is 21.1. The number of likely N-dealkylation sites (tertiary alicyclic amines) is 2. The molecule has 0 radical (unpaired) electrons. The van der Waals surface area contributed by atoms with Crippen LogP contribution in [0.2, 0.25) is 0 Å². The van der Waals surface area contributed by atoms with Gasteiger partial charge in [-0.05, 0) is 56.8 Å². The lowest BCUT2D eigenvalue weighted by molar-refractivity contribution is -0.151. The molecule has 3 fully saturated rings. The van der Waals surface area contributed by atoms with Crippen molar-refractivity contribution in [2.24, 2.45) is 11.8 Å². The van der Waals surface area contributed by atoms with Crippen LogP contribution in [-0.4, -0.2) is 110 Å². The van der Waals surface area contributed by atoms with E-state index in [-0.39, 0.29) is 48.6 Å². The molecule has 3 heterocycles. The number of unbranched alkanes of at least 4 members (excludes halogenated alkanes) is 1. The lowest BCUT2D eigenvalue weighted by Crippen LogP contribution is -2.59. The third-order valence-corrected chi connectivity index (χ3v) is 8.53. The number of nitrogens with one attached hydrogen (secondary N) is 4. The third-order valence-electron chi connectivity index (χ3n) is 8.53. The summed E-state index contributed by atoms with van der Waals surface area (Å²) < 4.78 is 0. The number of ketones is 1. The van der Waals surface area contributed by atoms with Crippen LogP contribution in [0.3, 0.4) is 0 Å². The summed E-state index contributed by atoms with van der Waals surface area (Å²) in [6.07, 6.45) is 5.88. The van der Waals surface area contributed by atoms with Gasteiger partial charge in [-0.25, -0.2) is 0 Å². The summed E-state index contributed by atoms with van der Waals surface area (Å²) >= 11 is 0. The number of aromatic amines is 1. The zero-order valence-corrected chi connectivity index (χ0v) is 25.8. The Labute approximate surface area is 257 Å². The lowest BCUT2D eigenvalue weighted by atomic mass is 10.0. The fourth-order valence-corrected chi connectivity index (χ4v) is 5.92. The lowest BCUT2D eigenvalue weighted by Gasteiger charge is -2.37. The quantitative estimate of drug-likeness (QED) is 0.142. The van der Waals surface area contributed by atoms with Gasteiger partial charge < -0.3 is 25.8 Å². The summed E-state index contributed by atoms with van der Waals surface area (Å²) in [7, 11) is 0. The fraction of sp³-hybridized carbons (Fsp3) is 0.759. The molecule has 1 saturated carbocycles. The molecule has 2 aliphatic heterocycles. The van der Waals surface area contributed by atoms with Crippen LogP contribution in [0, 0.1) is 11.8 Å². The Bertz CT molecular complexity index is 1200. The van der Waals surface area contributed by atoms with Crippen LogP contribution in [-0.2, 0) is 35.2 Å². The average molecular weight is 616 g/mol. The molecule has 3 aliphatic rings. The number of rotatable bonds is 16. The van der Waals surface area contributed by atoms with E-state index in [1.54, 1.807) is 0 Å². The molecular formula is C29H45N9O6. The zero-order valence-electron chi connectivity index (χ0n) is 25.8. The van der Waals surface area contributed by atoms with Crippen LogP contribution in [0.15, 0.2) is 0 Å². The van der Waals surface area contributed by atoms with Gasteiger partial charge in [-0.1, -0.05) is 32.4 Å². The highest BCUT2D eigenvalue weighted by Crippen LogP contribution is 2.33. The van der Waals surface area contributed by atoms with Crippen molar-refractivity contribution in [1.29, 1.82) is 0 Å². The van der Waals surface area contributed by atoms with Crippen molar-refractivity contribution in [3.63, 3.8) is 0 Å². The Hall–Kier alpha value is -3.91. The average Bonchev–Trinajstić information content (AvgIpc) is 3.50. The van der Waals surface area contributed by atoms with Gasteiger partial charge in [0.2, 0.25) is 29.4 Å². The molecule has 4 N–H and O–H groups in total. The van der Waals surface area contributed by atoms with Crippen LogP contribution in [0.4, 0.5) is 0 Å². The molecular weight excluding hydrogens is 570 g/mol. The van der Waals surface area contributed by atoms with E-state index >= 15 is 0 Å². The molecule has 1 aromatic heterocycles. The third kappa shape index (κ3) is 8.59. The molecule has 44 heavy (non-hydrogen) atoms. The van der Waals surface area contributed by atoms with Gasteiger partial charge in [-0.15, -0.1) is 10.2 Å². The van der Waals surface area contributed by atoms with Crippen molar-refractivity contribution in [1.82, 2.24) is 46.4 Å². The number of nitrogens with zero attached hydrogens (tertiary/aromatic N) is 5. The number of Topliss-reactive ketones (excluding diaryl/α,β-unsaturated/α-hetero) is 1. The molecule has 2 saturated heterocycles. The summed E-state index contributed by atoms with van der Waals surface area (Å²) in [6, 6.07) is -2.50. The highest BCUT2D eigenvalue weighted by Gasteiger charge is 2.48. The van der Waals surface area contributed by atoms with Gasteiger partial charge in [0.25, 0.3) is 5.91 Å². The van der Waals surface area contributed by atoms with Gasteiger partial charge in [-0.2, -0.15) is 5.21 Å². The maximum Gasteiger partial charge on any atom is 0.289 e. The highest BCUT2D eigenvalue weighted by atomic mass is 16.2. The van der Waals surface area contributed by atoms with E-state index in [1.807, 2.05) is 20.8 Å². The number of carbonyl (C=O) groups is 6. The number of aromatic nitrogens is 4. The smallest absolute Gasteiger partial charge is 0.289 e. The second-order valence-corrected chi connectivity index (χ2v) is 12.4. The van der Waals surface area contributed by atoms with Crippen molar-refractivity contribution in [2.45, 2.75) is 109 Å². The molecule has 1 aliphatic carbocycles. The number of tetrazole rings is 1. The molecule has 4 atom stereocenters. The Kier molecular flexibility index (Phi) is 11.4. The number of hydrogen-bond acceptors (Lipinski definition) is 9. The van der Waals surface area contributed by atoms with E-state index in [2.05, 4.69) is 36.6 Å². The molecule has 0 aromatic carbocycles. The van der Waals surface area contributed by atoms with E-state index in [4.69, 9.17) is 0 Å². The number of carbonyl (C=O) groups excluding carboxylic acids is 6. The van der Waals surface area contributed by atoms with Crippen molar-refractivity contribution in [3.05, 3.63) is 5.82 Å². The molecule has 0 spiro atoms. The van der Waals surface area contributed by atoms with Crippen LogP contribution < -0.4 is 16.0 Å². The first kappa shape index (κ1) is 33.0. The van der Waals surface area contributed by atoms with Crippen LogP contribution in [0.1, 0.15) is 84.4 Å². The van der Waals surface area contributed by atoms with E-state index in [0.717, 1.165) is 12.8 Å². The normalized spacial score (nSPS) is 21.0. The maximum absolute atomic E-state index is 13.9. The Morgan fingerprint density at radius 2 is 1.84 bits per heavy atom. The Morgan fingerprint density at radius 3 is 2.50 bits per heavy atom. The molecule has 4 rings (SSSR count). The summed E-state index contributed by atoms with van der Waals surface area (Å²) in [4.78, 5) is 81.5. The monoisotopic (exact) mass is 615 g/mol. The summed E-state index contributed by atoms with van der Waals surface area (Å²) in [5, 5.41) is 21.7. The van der Waals surface area contributed by atoms with Gasteiger partial charge in [0.1, 0.15) is 18.1 Å². The van der Waals surface area contributed by atoms with Crippen molar-refractivity contribution in [2.75, 3.05) is 19.6 Å². The van der Waals surface area contributed by atoms with Crippen molar-refractivity contribution >= 4 is 35.3 Å². The second kappa shape index (κ2) is 15.2. The van der Waals surface area contributed by atoms with E-state index < -0.39 is 35.7 Å². The largest absolute Gasteiger partial charge is 0.347 e. The van der Waals surface area contributed by atoms with E-state index in [9.17, 15) is 28.8 Å². The number of H-pyrrole nitrogens is 1. The molecule has 5 amide bonds. The SMILES string of the molecule is CCCC(C(=O)C(=O)NC1CC1)N1CC[C@@H]2CC(C1=O)N(C(=O)C(NC(=O)CNC(=O)CCCCc1nn[nH]n1)C(C)C)C2. The number of fused-ring (bicyclic) bond motifs is 2. The predicted octanol–water partition coefficient (Wildman–Crippen LogP) is -0.365. The van der Waals surface area contributed by atoms with Gasteiger partial charge in [0.15, 0.2) is 5.82 Å². The first-order valence-electron chi connectivity index (χ1n) is 15.8. The summed E-state index contributed by atoms with van der Waals surface area (Å²) in [6.45, 7) is 5.99. The molecule has 1 aromatic rings. The summed E-state index contributed by atoms with van der Waals surface area (Å²) in [5.41, 5.74) is 0. The van der Waals surface area contributed by atoms with Crippen LogP contribution in [0.5, 0.6) is 0 Å². The van der Waals surface area contributed by atoms with Crippen molar-refractivity contribution in [3.8, 4) is 0 Å². The topological polar surface area (TPSA) is 199 Å². The van der Waals surface area contributed by atoms with E-state index in [0.29, 0.717) is 63.9 Å². The van der Waals surface area contributed by atoms with Gasteiger partial charge in [0.05, 0.1) is 6.54 Å². The minimum atomic E-state index is -0.895. The number of aryl methyl sites for hydroxylation is 1. The standard InChI is InChI=1S/C29H45N9O6/c1-4-7-20(26(41)27(42)31-19-10-11-19)37-13-12-18-14-21(28(37)43)38(16-18)29(44)25(17(2)3)32-24(40)15-30-23(39)9-6-5-8-22-33-35-36-34-22/h17-21,25H,4-16H2,1-3H3,(H,30,39)(H,31,42)(H,32,40)(H,33,34,35,36)/t18-,20?,21?,25?/m1/s1. The van der Waals surface area contributed by atoms with Crippen LogP contribution in [0.25, 0.3) is 0 Å². The van der Waals surface area contributed by atoms with Crippen molar-refractivity contribution < 1.29 is 28.8 Å². The second-order valence-electron chi connectivity index (χ2n) is 12.4. The Balaban J connectivity index is 1.32. The predicted molar refractivity (Wildman–Crippen MR) is 156 cm³/mol. The molecule has 15 heteroatoms. The number of amides is 5. The maximum atomic E-state index is 13.9. The minimum Gasteiger partial charge on any atom is -0.347 e. The molecule has 242 valence electrons. The summed E-state index contributed by atoms with van der Waals surface area (Å²) in [5.74, 6) is -2.37. The molecule has 15 nitrogen and oxygen atoms in total. The highest BCUT2D eigenvalue weighted by molar-refractivity contribution is 6.38. The fourth-order valence-electron chi connectivity index (χ4n) is 5.92. The van der Waals surface area contributed by atoms with E-state index in [1.165, 1.54) is 9.80 Å². The minimum absolute atomic E-state index is 0.0304. The zero-order chi connectivity index (χ0) is 31.8. The van der Waals surface area contributed by atoms with Gasteiger partial charge >= 0.3 is 0 Å². The molecule has 2 bridgehead atoms. The number of hydrogen-bond donors (Lipinski definition) is 4. The van der Waals surface area contributed by atoms with Crippen LogP contribution >= 0.6 is 0 Å². The first-order valence-corrected chi connectivity index (χ1v) is 15.8. The van der Waals surface area contributed by atoms with Gasteiger partial charge in [0, 0.05) is 32.0 Å². The molecule has 3 unspecified atom stereocenters. The van der Waals surface area contributed by atoms with Gasteiger partial charge in [-0.3, -0.25) is 28.8 Å².